The van der Waals surface area contributed by atoms with Crippen molar-refractivity contribution in [2.24, 2.45) is 17.6 Å². The van der Waals surface area contributed by atoms with Crippen LogP contribution in [-0.2, 0) is 16.1 Å². The van der Waals surface area contributed by atoms with E-state index in [9.17, 15) is 19.2 Å². The number of amides is 4. The van der Waals surface area contributed by atoms with Crippen LogP contribution < -0.4 is 16.4 Å². The van der Waals surface area contributed by atoms with Gasteiger partial charge in [-0.25, -0.2) is 0 Å². The molecular weight excluding hydrogens is 396 g/mol. The number of hydrogen-bond donors (Lipinski definition) is 3. The molecule has 0 spiro atoms. The third-order valence-electron chi connectivity index (χ3n) is 7.83. The van der Waals surface area contributed by atoms with Gasteiger partial charge in [-0.3, -0.25) is 29.4 Å². The second-order valence-electron chi connectivity index (χ2n) is 9.42. The van der Waals surface area contributed by atoms with Gasteiger partial charge < -0.3 is 11.1 Å². The lowest BCUT2D eigenvalue weighted by molar-refractivity contribution is -0.136. The number of benzene rings is 1. The highest BCUT2D eigenvalue weighted by molar-refractivity contribution is 6.24. The molecule has 2 unspecified atom stereocenters. The first-order valence-electron chi connectivity index (χ1n) is 11.2. The molecule has 2 atom stereocenters. The van der Waals surface area contributed by atoms with E-state index in [1.54, 1.807) is 12.1 Å². The van der Waals surface area contributed by atoms with Crippen LogP contribution in [0, 0.1) is 11.8 Å². The average Bonchev–Trinajstić information content (AvgIpc) is 3.04. The molecule has 2 aliphatic heterocycles. The molecule has 2 heterocycles. The molecule has 0 radical (unpaired) electrons. The fourth-order valence-electron chi connectivity index (χ4n) is 6.14. The van der Waals surface area contributed by atoms with Crippen molar-refractivity contribution in [2.45, 2.75) is 63.1 Å². The topological polar surface area (TPSA) is 122 Å². The molecule has 5 aliphatic rings. The number of carbonyl (C=O) groups excluding carboxylic acids is 4. The van der Waals surface area contributed by atoms with Gasteiger partial charge in [-0.2, -0.15) is 0 Å². The van der Waals surface area contributed by atoms with E-state index in [1.165, 1.54) is 25.7 Å². The van der Waals surface area contributed by atoms with E-state index in [0.717, 1.165) is 16.9 Å². The lowest BCUT2D eigenvalue weighted by atomic mass is 9.60. The number of carbonyl (C=O) groups is 4. The Morgan fingerprint density at radius 3 is 2.48 bits per heavy atom. The van der Waals surface area contributed by atoms with Crippen molar-refractivity contribution < 1.29 is 19.2 Å². The predicted octanol–water partition coefficient (Wildman–Crippen LogP) is 1.08. The molecule has 8 heteroatoms. The zero-order chi connectivity index (χ0) is 21.8. The highest BCUT2D eigenvalue weighted by atomic mass is 16.2. The largest absolute Gasteiger partial charge is 0.329 e. The van der Waals surface area contributed by atoms with E-state index in [4.69, 9.17) is 5.73 Å². The normalized spacial score (nSPS) is 32.4. The summed E-state index contributed by atoms with van der Waals surface area (Å²) in [5, 5.41) is 5.91. The number of nitrogens with zero attached hydrogens (tertiary/aromatic N) is 1. The molecule has 8 nitrogen and oxygen atoms in total. The Balaban J connectivity index is 1.40. The molecule has 31 heavy (non-hydrogen) atoms. The van der Waals surface area contributed by atoms with Gasteiger partial charge in [0.05, 0.1) is 11.1 Å². The van der Waals surface area contributed by atoms with E-state index in [0.29, 0.717) is 36.1 Å². The molecule has 4 N–H and O–H groups in total. The molecule has 1 aromatic rings. The molecule has 3 saturated carbocycles. The first-order valence-corrected chi connectivity index (χ1v) is 11.2. The maximum atomic E-state index is 13.3. The van der Waals surface area contributed by atoms with Crippen LogP contribution in [0.4, 0.5) is 0 Å². The van der Waals surface area contributed by atoms with Crippen molar-refractivity contribution >= 4 is 23.6 Å². The molecule has 4 fully saturated rings. The van der Waals surface area contributed by atoms with Crippen molar-refractivity contribution in [3.63, 3.8) is 0 Å². The zero-order valence-corrected chi connectivity index (χ0v) is 17.5. The SMILES string of the molecule is NCC1(NCc2cccc3c2C(=O)N(C2CCC(=O)NC2=O)C3=O)CC2CCC1CC2. The maximum Gasteiger partial charge on any atom is 0.262 e. The number of imide groups is 2. The summed E-state index contributed by atoms with van der Waals surface area (Å²) in [5.74, 6) is -0.659. The quantitative estimate of drug-likeness (QED) is 0.608. The highest BCUT2D eigenvalue weighted by Crippen LogP contribution is 2.47. The summed E-state index contributed by atoms with van der Waals surface area (Å²) < 4.78 is 0. The van der Waals surface area contributed by atoms with Crippen LogP contribution in [0.2, 0.25) is 0 Å². The smallest absolute Gasteiger partial charge is 0.262 e. The Hall–Kier alpha value is -2.58. The van der Waals surface area contributed by atoms with E-state index in [2.05, 4.69) is 10.6 Å². The number of piperidine rings is 1. The average molecular weight is 425 g/mol. The molecule has 1 saturated heterocycles. The number of fused-ring (bicyclic) bond motifs is 4. The van der Waals surface area contributed by atoms with Gasteiger partial charge in [0.1, 0.15) is 6.04 Å². The summed E-state index contributed by atoms with van der Waals surface area (Å²) in [6, 6.07) is 4.31. The number of rotatable bonds is 5. The minimum absolute atomic E-state index is 0.111. The van der Waals surface area contributed by atoms with Crippen molar-refractivity contribution in [3.05, 3.63) is 34.9 Å². The molecule has 164 valence electrons. The van der Waals surface area contributed by atoms with Crippen LogP contribution in [0.5, 0.6) is 0 Å². The van der Waals surface area contributed by atoms with Crippen molar-refractivity contribution in [1.82, 2.24) is 15.5 Å². The first-order chi connectivity index (χ1) is 14.9. The summed E-state index contributed by atoms with van der Waals surface area (Å²) >= 11 is 0. The Kier molecular flexibility index (Phi) is 4.94. The Bertz CT molecular complexity index is 968. The standard InChI is InChI=1S/C23H28N4O4/c24-12-23(10-13-4-6-15(23)7-5-13)25-11-14-2-1-3-16-19(14)22(31)27(21(16)30)17-8-9-18(28)26-20(17)29/h1-3,13,15,17,25H,4-12,24H2,(H,26,28,29). The Morgan fingerprint density at radius 2 is 1.84 bits per heavy atom. The van der Waals surface area contributed by atoms with Crippen LogP contribution >= 0.6 is 0 Å². The molecule has 6 rings (SSSR count). The van der Waals surface area contributed by atoms with Crippen molar-refractivity contribution in [3.8, 4) is 0 Å². The molecular formula is C23H28N4O4. The van der Waals surface area contributed by atoms with Crippen molar-refractivity contribution in [1.29, 1.82) is 0 Å². The third kappa shape index (κ3) is 3.20. The van der Waals surface area contributed by atoms with Crippen LogP contribution in [0.15, 0.2) is 18.2 Å². The third-order valence-corrected chi connectivity index (χ3v) is 7.83. The predicted molar refractivity (Wildman–Crippen MR) is 112 cm³/mol. The Morgan fingerprint density at radius 1 is 1.06 bits per heavy atom. The van der Waals surface area contributed by atoms with Crippen molar-refractivity contribution in [2.75, 3.05) is 6.54 Å². The van der Waals surface area contributed by atoms with Gasteiger partial charge >= 0.3 is 0 Å². The van der Waals surface area contributed by atoms with E-state index in [1.807, 2.05) is 6.07 Å². The summed E-state index contributed by atoms with van der Waals surface area (Å²) in [7, 11) is 0. The van der Waals surface area contributed by atoms with Crippen LogP contribution in [0.1, 0.15) is 71.2 Å². The van der Waals surface area contributed by atoms with Gasteiger partial charge in [-0.15, -0.1) is 0 Å². The molecule has 0 aromatic heterocycles. The summed E-state index contributed by atoms with van der Waals surface area (Å²) in [4.78, 5) is 51.1. The van der Waals surface area contributed by atoms with Gasteiger partial charge in [-0.1, -0.05) is 25.0 Å². The van der Waals surface area contributed by atoms with E-state index >= 15 is 0 Å². The summed E-state index contributed by atoms with van der Waals surface area (Å²) in [6.45, 7) is 1.00. The Labute approximate surface area is 180 Å². The van der Waals surface area contributed by atoms with E-state index < -0.39 is 23.8 Å². The second-order valence-corrected chi connectivity index (χ2v) is 9.42. The number of hydrogen-bond acceptors (Lipinski definition) is 6. The number of nitrogens with one attached hydrogen (secondary N) is 2. The van der Waals surface area contributed by atoms with Crippen LogP contribution in [0.25, 0.3) is 0 Å². The van der Waals surface area contributed by atoms with Gasteiger partial charge in [-0.05, 0) is 49.1 Å². The molecule has 1 aromatic carbocycles. The lowest BCUT2D eigenvalue weighted by Crippen LogP contribution is -2.61. The molecule has 3 aliphatic carbocycles. The highest BCUT2D eigenvalue weighted by Gasteiger charge is 2.48. The van der Waals surface area contributed by atoms with Gasteiger partial charge in [0.25, 0.3) is 11.8 Å². The zero-order valence-electron chi connectivity index (χ0n) is 17.5. The lowest BCUT2D eigenvalue weighted by Gasteiger charge is -2.52. The van der Waals surface area contributed by atoms with Gasteiger partial charge in [0.2, 0.25) is 11.8 Å². The second kappa shape index (κ2) is 7.53. The van der Waals surface area contributed by atoms with Crippen LogP contribution in [0.3, 0.4) is 0 Å². The monoisotopic (exact) mass is 424 g/mol. The summed E-state index contributed by atoms with van der Waals surface area (Å²) in [5.41, 5.74) is 7.54. The van der Waals surface area contributed by atoms with Crippen LogP contribution in [-0.4, -0.2) is 46.7 Å². The molecule has 4 amide bonds. The van der Waals surface area contributed by atoms with Gasteiger partial charge in [0.15, 0.2) is 0 Å². The minimum Gasteiger partial charge on any atom is -0.329 e. The minimum atomic E-state index is -0.949. The first kappa shape index (κ1) is 20.3. The van der Waals surface area contributed by atoms with E-state index in [-0.39, 0.29) is 24.3 Å². The fourth-order valence-corrected chi connectivity index (χ4v) is 6.14. The maximum absolute atomic E-state index is 13.3. The molecule has 2 bridgehead atoms. The number of nitrogens with two attached hydrogens (primary N) is 1. The fraction of sp³-hybridized carbons (Fsp3) is 0.565. The summed E-state index contributed by atoms with van der Waals surface area (Å²) in [6.07, 6.45) is 6.22. The van der Waals surface area contributed by atoms with Gasteiger partial charge in [0, 0.05) is 25.0 Å².